The molecule has 0 amide bonds. The maximum atomic E-state index is 7.50. The predicted molar refractivity (Wildman–Crippen MR) is 293 cm³/mol. The van der Waals surface area contributed by atoms with Crippen molar-refractivity contribution >= 4 is 104 Å². The predicted octanol–water partition coefficient (Wildman–Crippen LogP) is 10.8. The fourth-order valence-corrected chi connectivity index (χ4v) is 26.0. The first-order chi connectivity index (χ1) is 35.8. The molecule has 8 aromatic rings. The van der Waals surface area contributed by atoms with Crippen molar-refractivity contribution in [3.63, 3.8) is 0 Å². The standard InChI is InChI=1S/C50H40P4S2.8CO.2Mn/c1-9-25-41(26-10-1)51(42-27-11-2-12-28-42)49(52(43-29-13-3-14-30-43)44-31-15-4-16-32-44)55-56-50(53(45-33-17-5-18-34-45)46-35-19-6-20-36-46)54(47-37-21-7-22-38-47)48-39-23-8-24-40-48;8*1-2;;/h1-40H;;;;;;;;;;/q+2;;;;;;;;;;. The van der Waals surface area contributed by atoms with Crippen LogP contribution in [0.25, 0.3) is 0 Å². The summed E-state index contributed by atoms with van der Waals surface area (Å²) in [6.45, 7) is 36.0. The number of hydrogen-bond acceptors (Lipinski definition) is 2. The largest absolute Gasteiger partial charge is 0.205 e. The first-order valence-electron chi connectivity index (χ1n) is 20.2. The zero-order valence-electron chi connectivity index (χ0n) is 38.7. The molecule has 0 aliphatic carbocycles. The Morgan fingerprint density at radius 3 is 0.527 bits per heavy atom. The Morgan fingerprint density at radius 2 is 0.378 bits per heavy atom. The molecule has 8 nitrogen and oxygen atoms in total. The molecule has 0 heterocycles. The van der Waals surface area contributed by atoms with Crippen molar-refractivity contribution in [1.29, 1.82) is 0 Å². The van der Waals surface area contributed by atoms with Crippen LogP contribution in [0.4, 0.5) is 0 Å². The van der Waals surface area contributed by atoms with Crippen molar-refractivity contribution in [1.82, 2.24) is 0 Å². The molecule has 0 fully saturated rings. The molecule has 0 saturated carbocycles. The SMILES string of the molecule is [C-]#[O+].[C-]#[O+].[C-]#[O+].[C-]#[O+].[C-]#[O+].[C-]#[O+].[C-]#[O+].[C-]#[O+].[Mn].[Mn].c1ccc(P(C(SSC(P(c2ccccc2)c2ccccc2)=[P+](c2ccccc2)c2ccccc2)=[P+](c2ccccc2)c2ccccc2)c2ccccc2)cc1. The van der Waals surface area contributed by atoms with E-state index < -0.39 is 30.9 Å². The summed E-state index contributed by atoms with van der Waals surface area (Å²) in [6.07, 6.45) is 0. The van der Waals surface area contributed by atoms with Crippen LogP contribution in [0, 0.1) is 53.2 Å². The van der Waals surface area contributed by atoms with Crippen LogP contribution in [0.5, 0.6) is 0 Å². The normalized spacial score (nSPS) is 8.51. The van der Waals surface area contributed by atoms with Crippen LogP contribution in [0.3, 0.4) is 0 Å². The minimum atomic E-state index is -0.898. The van der Waals surface area contributed by atoms with E-state index in [1.54, 1.807) is 0 Å². The molecule has 16 heteroatoms. The van der Waals surface area contributed by atoms with Gasteiger partial charge in [0.1, 0.15) is 0 Å². The molecule has 8 rings (SSSR count). The minimum absolute atomic E-state index is 0. The molecule has 0 aromatic heterocycles. The van der Waals surface area contributed by atoms with Crippen molar-refractivity contribution in [3.8, 4) is 0 Å². The smallest absolute Gasteiger partial charge is 0.0622 e. The summed E-state index contributed by atoms with van der Waals surface area (Å²) >= 11 is 0. The van der Waals surface area contributed by atoms with Crippen LogP contribution < -0.4 is 42.4 Å². The summed E-state index contributed by atoms with van der Waals surface area (Å²) in [5, 5.41) is 11.0. The van der Waals surface area contributed by atoms with Crippen LogP contribution in [-0.4, -0.2) is 8.73 Å². The Morgan fingerprint density at radius 1 is 0.243 bits per heavy atom. The molecule has 0 aliphatic rings. The molecule has 364 valence electrons. The van der Waals surface area contributed by atoms with Crippen molar-refractivity contribution in [2.24, 2.45) is 0 Å². The van der Waals surface area contributed by atoms with Crippen LogP contribution in [0.2, 0.25) is 0 Å². The molecule has 0 spiro atoms. The third-order valence-corrected chi connectivity index (χ3v) is 25.9. The van der Waals surface area contributed by atoms with Gasteiger partial charge in [-0.3, -0.25) is 0 Å². The monoisotopic (exact) mass is 1160 g/mol. The van der Waals surface area contributed by atoms with Gasteiger partial charge in [0.15, 0.2) is 36.3 Å². The average molecular weight is 1160 g/mol. The van der Waals surface area contributed by atoms with E-state index in [0.29, 0.717) is 0 Å². The van der Waals surface area contributed by atoms with E-state index in [1.807, 2.05) is 21.6 Å². The third kappa shape index (κ3) is 23.0. The van der Waals surface area contributed by atoms with Crippen LogP contribution in [0.1, 0.15) is 0 Å². The van der Waals surface area contributed by atoms with Crippen LogP contribution >= 0.6 is 52.5 Å². The fourth-order valence-electron chi connectivity index (χ4n) is 6.52. The number of rotatable bonds is 13. The van der Waals surface area contributed by atoms with Gasteiger partial charge in [0.25, 0.3) is 0 Å². The molecule has 8 aromatic carbocycles. The first-order valence-corrected chi connectivity index (χ1v) is 27.7. The Hall–Kier alpha value is -5.38. The minimum Gasteiger partial charge on any atom is -0.0622 e. The maximum absolute atomic E-state index is 7.50. The Balaban J connectivity index is -0.00000256. The van der Waals surface area contributed by atoms with Gasteiger partial charge in [-0.2, -0.15) is 0 Å². The van der Waals surface area contributed by atoms with Crippen LogP contribution in [0.15, 0.2) is 243 Å². The average Bonchev–Trinajstić information content (AvgIpc) is 3.51. The fraction of sp³-hybridized carbons (Fsp3) is 0. The quantitative estimate of drug-likeness (QED) is 0.0370. The summed E-state index contributed by atoms with van der Waals surface area (Å²) in [5.74, 6) is 0. The van der Waals surface area contributed by atoms with Gasteiger partial charge in [-0.15, -0.1) is 0 Å². The molecular formula is C58H40Mn2O8P4S2+2. The van der Waals surface area contributed by atoms with Gasteiger partial charge < -0.3 is 0 Å². The molecule has 0 atom stereocenters. The Kier molecular flexibility index (Phi) is 47.8. The van der Waals surface area contributed by atoms with E-state index >= 15 is 0 Å². The second-order valence-corrected chi connectivity index (χ2v) is 25.4. The zero-order valence-corrected chi connectivity index (χ0v) is 46.3. The van der Waals surface area contributed by atoms with Gasteiger partial charge in [-0.05, 0) is 91.3 Å². The second-order valence-electron chi connectivity index (χ2n) is 12.8. The summed E-state index contributed by atoms with van der Waals surface area (Å²) in [5.41, 5.74) is 0. The first kappa shape index (κ1) is 72.9. The maximum Gasteiger partial charge on any atom is 0.205 e. The molecular weight excluding hydrogens is 1120 g/mol. The zero-order chi connectivity index (χ0) is 53.8. The molecule has 0 aliphatic heterocycles. The number of benzene rings is 8. The van der Waals surface area contributed by atoms with E-state index in [1.165, 1.54) is 51.2 Å². The van der Waals surface area contributed by atoms with E-state index in [2.05, 4.69) is 296 Å². The summed E-state index contributed by atoms with van der Waals surface area (Å²) in [6, 6.07) is 90.1. The van der Waals surface area contributed by atoms with Crippen LogP contribution in [-0.2, 0) is 71.4 Å². The molecule has 74 heavy (non-hydrogen) atoms. The molecule has 0 unspecified atom stereocenters. The van der Waals surface area contributed by atoms with Crippen molar-refractivity contribution in [3.05, 3.63) is 296 Å². The van der Waals surface area contributed by atoms with Gasteiger partial charge in [-0.25, -0.2) is 0 Å². The number of hydrogen-bond donors (Lipinski definition) is 0. The van der Waals surface area contributed by atoms with E-state index in [4.69, 9.17) is 37.2 Å². The van der Waals surface area contributed by atoms with Gasteiger partial charge in [0, 0.05) is 50.0 Å². The van der Waals surface area contributed by atoms with E-state index in [-0.39, 0.29) is 34.1 Å². The topological polar surface area (TPSA) is 159 Å². The van der Waals surface area contributed by atoms with E-state index in [9.17, 15) is 0 Å². The molecule has 2 radical (unpaired) electrons. The van der Waals surface area contributed by atoms with Gasteiger partial charge in [-0.1, -0.05) is 194 Å². The second kappa shape index (κ2) is 48.6. The summed E-state index contributed by atoms with van der Waals surface area (Å²) < 4.78 is 63.1. The van der Waals surface area contributed by atoms with Crippen molar-refractivity contribution in [2.45, 2.75) is 0 Å². The summed E-state index contributed by atoms with van der Waals surface area (Å²) in [4.78, 5) is 0. The summed E-state index contributed by atoms with van der Waals surface area (Å²) in [7, 11) is 0.500. The van der Waals surface area contributed by atoms with Gasteiger partial charge in [0.2, 0.25) is 8.73 Å². The van der Waals surface area contributed by atoms with Gasteiger partial charge in [0.05, 0.1) is 0 Å². The van der Waals surface area contributed by atoms with Crippen molar-refractivity contribution in [2.75, 3.05) is 0 Å². The Bertz CT molecular complexity index is 2520. The molecule has 0 saturated heterocycles. The molecule has 0 N–H and O–H groups in total. The van der Waals surface area contributed by atoms with E-state index in [0.717, 1.165) is 0 Å². The third-order valence-electron chi connectivity index (χ3n) is 9.07. The van der Waals surface area contributed by atoms with Crippen molar-refractivity contribution < 1.29 is 71.4 Å². The Labute approximate surface area is 467 Å². The van der Waals surface area contributed by atoms with Gasteiger partial charge >= 0.3 is 90.4 Å². The molecule has 0 bridgehead atoms.